The molecule has 12 rings (SSSR count). The summed E-state index contributed by atoms with van der Waals surface area (Å²) in [6.45, 7) is 0. The van der Waals surface area contributed by atoms with E-state index >= 15 is 0 Å². The first-order valence-electron chi connectivity index (χ1n) is 19.2. The molecule has 0 aliphatic carbocycles. The van der Waals surface area contributed by atoms with Gasteiger partial charge < -0.3 is 4.57 Å². The van der Waals surface area contributed by atoms with Crippen LogP contribution < -0.4 is 0 Å². The molecule has 0 unspecified atom stereocenters. The summed E-state index contributed by atoms with van der Waals surface area (Å²) in [6.07, 6.45) is 0. The molecule has 12 aromatic rings. The molecule has 0 aliphatic rings. The minimum absolute atomic E-state index is 0.676. The van der Waals surface area contributed by atoms with Crippen molar-refractivity contribution >= 4 is 75.3 Å². The van der Waals surface area contributed by atoms with Crippen LogP contribution in [-0.2, 0) is 0 Å². The number of rotatable bonds is 5. The van der Waals surface area contributed by atoms with Crippen LogP contribution in [0.3, 0.4) is 0 Å². The molecule has 0 spiro atoms. The lowest BCUT2D eigenvalue weighted by atomic mass is 10.0. The van der Waals surface area contributed by atoms with Gasteiger partial charge in [0.1, 0.15) is 0 Å². The molecular weight excluding hydrogens is 713 g/mol. The number of nitrogens with zero attached hydrogens (tertiary/aromatic N) is 4. The molecule has 0 bridgehead atoms. The molecule has 4 nitrogen and oxygen atoms in total. The zero-order valence-electron chi connectivity index (χ0n) is 30.7. The summed E-state index contributed by atoms with van der Waals surface area (Å²) < 4.78 is 6.95. The van der Waals surface area contributed by atoms with Crippen molar-refractivity contribution in [3.05, 3.63) is 194 Å². The summed E-state index contributed by atoms with van der Waals surface area (Å²) in [7, 11) is 0. The van der Waals surface area contributed by atoms with Gasteiger partial charge in [-0.25, -0.2) is 9.97 Å². The Morgan fingerprint density at radius 2 is 0.842 bits per heavy atom. The molecule has 57 heavy (non-hydrogen) atoms. The number of thiophene rings is 1. The minimum Gasteiger partial charge on any atom is -0.309 e. The van der Waals surface area contributed by atoms with E-state index in [0.717, 1.165) is 43.6 Å². The molecule has 4 aromatic heterocycles. The third-order valence-electron chi connectivity index (χ3n) is 11.4. The molecule has 0 fully saturated rings. The molecule has 0 radical (unpaired) electrons. The van der Waals surface area contributed by atoms with Crippen LogP contribution in [-0.4, -0.2) is 19.1 Å². The molecule has 5 heteroatoms. The van der Waals surface area contributed by atoms with Crippen molar-refractivity contribution in [2.24, 2.45) is 0 Å². The molecule has 266 valence electrons. The van der Waals surface area contributed by atoms with Gasteiger partial charge in [-0.15, -0.1) is 11.3 Å². The highest BCUT2D eigenvalue weighted by Crippen LogP contribution is 2.41. The monoisotopic (exact) mass is 744 g/mol. The van der Waals surface area contributed by atoms with Crippen molar-refractivity contribution in [3.8, 4) is 45.1 Å². The van der Waals surface area contributed by atoms with Crippen LogP contribution in [0, 0.1) is 0 Å². The highest BCUT2D eigenvalue weighted by molar-refractivity contribution is 7.26. The van der Waals surface area contributed by atoms with Gasteiger partial charge in [0.2, 0.25) is 5.95 Å². The summed E-state index contributed by atoms with van der Waals surface area (Å²) in [5.74, 6) is 0.676. The predicted octanol–water partition coefficient (Wildman–Crippen LogP) is 14.0. The van der Waals surface area contributed by atoms with Crippen molar-refractivity contribution < 1.29 is 0 Å². The number of hydrogen-bond acceptors (Lipinski definition) is 3. The Balaban J connectivity index is 1.02. The van der Waals surface area contributed by atoms with Crippen molar-refractivity contribution in [2.75, 3.05) is 0 Å². The van der Waals surface area contributed by atoms with Crippen LogP contribution in [0.1, 0.15) is 0 Å². The van der Waals surface area contributed by atoms with E-state index in [1.807, 2.05) is 0 Å². The fourth-order valence-corrected chi connectivity index (χ4v) is 9.86. The number of para-hydroxylation sites is 2. The third kappa shape index (κ3) is 4.99. The van der Waals surface area contributed by atoms with Gasteiger partial charge >= 0.3 is 0 Å². The third-order valence-corrected chi connectivity index (χ3v) is 12.5. The second-order valence-corrected chi connectivity index (χ2v) is 15.6. The van der Waals surface area contributed by atoms with Crippen molar-refractivity contribution in [2.45, 2.75) is 0 Å². The van der Waals surface area contributed by atoms with Gasteiger partial charge in [0.15, 0.2) is 0 Å². The first-order chi connectivity index (χ1) is 28.3. The standard InChI is InChI=1S/C52H32N4S/c1-3-13-33(14-4-1)34-23-27-38(28-24-34)55-44-20-10-7-17-39(44)42-31-36(25-29-46(42)55)37-26-30-47-43(32-37)40-18-8-11-21-45(40)56(47)52-53-49(35-15-5-2-6-16-35)51-50(54-52)41-19-9-12-22-48(41)57-51/h1-32H. The maximum atomic E-state index is 5.36. The van der Waals surface area contributed by atoms with E-state index in [-0.39, 0.29) is 0 Å². The fraction of sp³-hybridized carbons (Fsp3) is 0. The minimum atomic E-state index is 0.676. The first kappa shape index (κ1) is 32.0. The molecule has 0 N–H and O–H groups in total. The van der Waals surface area contributed by atoms with Gasteiger partial charge in [-0.2, -0.15) is 0 Å². The Morgan fingerprint density at radius 3 is 1.51 bits per heavy atom. The molecule has 0 aliphatic heterocycles. The summed E-state index contributed by atoms with van der Waals surface area (Å²) in [5, 5.41) is 5.97. The van der Waals surface area contributed by atoms with Crippen LogP contribution >= 0.6 is 11.3 Å². The summed E-state index contributed by atoms with van der Waals surface area (Å²) in [4.78, 5) is 10.7. The zero-order valence-corrected chi connectivity index (χ0v) is 31.5. The van der Waals surface area contributed by atoms with Crippen LogP contribution in [0.25, 0.3) is 109 Å². The average Bonchev–Trinajstić information content (AvgIpc) is 3.94. The Bertz CT molecular complexity index is 3500. The first-order valence-corrected chi connectivity index (χ1v) is 20.1. The van der Waals surface area contributed by atoms with E-state index in [1.165, 1.54) is 59.5 Å². The van der Waals surface area contributed by atoms with Gasteiger partial charge in [-0.05, 0) is 76.9 Å². The summed E-state index contributed by atoms with van der Waals surface area (Å²) >= 11 is 1.76. The zero-order chi connectivity index (χ0) is 37.5. The van der Waals surface area contributed by atoms with Crippen molar-refractivity contribution in [1.29, 1.82) is 0 Å². The fourth-order valence-electron chi connectivity index (χ4n) is 8.70. The van der Waals surface area contributed by atoms with Crippen LogP contribution in [0.5, 0.6) is 0 Å². The molecule has 0 amide bonds. The van der Waals surface area contributed by atoms with Crippen LogP contribution in [0.15, 0.2) is 194 Å². The normalized spacial score (nSPS) is 11.9. The molecular formula is C52H32N4S. The van der Waals surface area contributed by atoms with Crippen molar-refractivity contribution in [1.82, 2.24) is 19.1 Å². The highest BCUT2D eigenvalue weighted by atomic mass is 32.1. The molecule has 0 atom stereocenters. The topological polar surface area (TPSA) is 35.6 Å². The SMILES string of the molecule is c1ccc(-c2ccc(-n3c4ccccc4c4cc(-c5ccc6c(c5)c5ccccc5n6-c5nc(-c6ccccc6)c6sc7ccccc7c6n5)ccc43)cc2)cc1. The maximum Gasteiger partial charge on any atom is 0.235 e. The quantitative estimate of drug-likeness (QED) is 0.176. The largest absolute Gasteiger partial charge is 0.309 e. The van der Waals surface area contributed by atoms with E-state index in [2.05, 4.69) is 203 Å². The number of hydrogen-bond donors (Lipinski definition) is 0. The lowest BCUT2D eigenvalue weighted by Gasteiger charge is -2.11. The second kappa shape index (κ2) is 12.6. The highest BCUT2D eigenvalue weighted by Gasteiger charge is 2.21. The van der Waals surface area contributed by atoms with E-state index in [4.69, 9.17) is 9.97 Å². The van der Waals surface area contributed by atoms with Crippen LogP contribution in [0.2, 0.25) is 0 Å². The molecule has 0 saturated carbocycles. The lowest BCUT2D eigenvalue weighted by molar-refractivity contribution is 1.02. The lowest BCUT2D eigenvalue weighted by Crippen LogP contribution is -2.02. The molecule has 4 heterocycles. The van der Waals surface area contributed by atoms with E-state index in [0.29, 0.717) is 5.95 Å². The van der Waals surface area contributed by atoms with Gasteiger partial charge in [0.05, 0.1) is 38.0 Å². The van der Waals surface area contributed by atoms with E-state index < -0.39 is 0 Å². The van der Waals surface area contributed by atoms with Gasteiger partial charge in [0.25, 0.3) is 0 Å². The Labute approximate surface area is 332 Å². The van der Waals surface area contributed by atoms with Gasteiger partial charge in [-0.3, -0.25) is 4.57 Å². The Hall–Kier alpha value is -7.34. The number of fused-ring (bicyclic) bond motifs is 9. The maximum absolute atomic E-state index is 5.36. The number of benzene rings is 8. The average molecular weight is 745 g/mol. The van der Waals surface area contributed by atoms with Gasteiger partial charge in [-0.1, -0.05) is 140 Å². The van der Waals surface area contributed by atoms with Crippen molar-refractivity contribution in [3.63, 3.8) is 0 Å². The van der Waals surface area contributed by atoms with Gasteiger partial charge in [0, 0.05) is 42.9 Å². The Kier molecular flexibility index (Phi) is 7.06. The summed E-state index contributed by atoms with van der Waals surface area (Å²) in [6, 6.07) is 69.6. The van der Waals surface area contributed by atoms with Crippen LogP contribution in [0.4, 0.5) is 0 Å². The van der Waals surface area contributed by atoms with E-state index in [9.17, 15) is 0 Å². The smallest absolute Gasteiger partial charge is 0.235 e. The Morgan fingerprint density at radius 1 is 0.351 bits per heavy atom. The molecule has 8 aromatic carbocycles. The number of aromatic nitrogens is 4. The molecule has 0 saturated heterocycles. The second-order valence-electron chi connectivity index (χ2n) is 14.6. The summed E-state index contributed by atoms with van der Waals surface area (Å²) in [5.41, 5.74) is 13.5. The van der Waals surface area contributed by atoms with E-state index in [1.54, 1.807) is 11.3 Å². The predicted molar refractivity (Wildman–Crippen MR) is 240 cm³/mol.